The minimum Gasteiger partial charge on any atom is -0.483 e. The van der Waals surface area contributed by atoms with Gasteiger partial charge in [-0.05, 0) is 31.4 Å². The Morgan fingerprint density at radius 3 is 2.78 bits per heavy atom. The Kier molecular flexibility index (Phi) is 6.22. The molecule has 4 nitrogen and oxygen atoms in total. The van der Waals surface area contributed by atoms with Crippen LogP contribution in [-0.4, -0.2) is 25.1 Å². The third kappa shape index (κ3) is 4.75. The molecule has 1 unspecified atom stereocenters. The van der Waals surface area contributed by atoms with Crippen LogP contribution in [0.4, 0.5) is 0 Å². The summed E-state index contributed by atoms with van der Waals surface area (Å²) < 4.78 is 5.53. The van der Waals surface area contributed by atoms with Crippen LogP contribution in [0.5, 0.6) is 5.75 Å². The molecule has 0 bridgehead atoms. The zero-order valence-corrected chi connectivity index (χ0v) is 11.1. The number of hydrogen-bond acceptors (Lipinski definition) is 3. The van der Waals surface area contributed by atoms with Gasteiger partial charge in [0, 0.05) is 12.6 Å². The maximum Gasteiger partial charge on any atom is 0.257 e. The number of nitrogens with one attached hydrogen (secondary N) is 1. The average molecular weight is 250 g/mol. The molecule has 1 amide bonds. The highest BCUT2D eigenvalue weighted by Gasteiger charge is 2.08. The molecule has 0 saturated heterocycles. The summed E-state index contributed by atoms with van der Waals surface area (Å²) in [5.41, 5.74) is 6.99. The monoisotopic (exact) mass is 250 g/mol. The molecule has 1 atom stereocenters. The van der Waals surface area contributed by atoms with Crippen LogP contribution in [-0.2, 0) is 11.2 Å². The minimum atomic E-state index is -0.105. The van der Waals surface area contributed by atoms with Crippen molar-refractivity contribution in [3.63, 3.8) is 0 Å². The van der Waals surface area contributed by atoms with Crippen molar-refractivity contribution in [2.75, 3.05) is 13.2 Å². The summed E-state index contributed by atoms with van der Waals surface area (Å²) in [4.78, 5) is 11.3. The Balaban J connectivity index is 2.61. The number of benzene rings is 1. The maximum absolute atomic E-state index is 11.3. The molecule has 1 rings (SSSR count). The summed E-state index contributed by atoms with van der Waals surface area (Å²) in [5.74, 6) is 0.639. The van der Waals surface area contributed by atoms with E-state index in [1.165, 1.54) is 0 Å². The molecule has 100 valence electrons. The van der Waals surface area contributed by atoms with Gasteiger partial charge in [-0.3, -0.25) is 4.79 Å². The molecule has 18 heavy (non-hydrogen) atoms. The standard InChI is InChI=1S/C14H22N2O2/c1-3-12(15)9-11-7-5-6-8-13(11)18-10-14(17)16-4-2/h5-8,12H,3-4,9-10,15H2,1-2H3,(H,16,17). The first kappa shape index (κ1) is 14.5. The number of ether oxygens (including phenoxy) is 1. The van der Waals surface area contributed by atoms with E-state index in [2.05, 4.69) is 12.2 Å². The molecule has 0 heterocycles. The summed E-state index contributed by atoms with van der Waals surface area (Å²) in [5, 5.41) is 2.70. The second kappa shape index (κ2) is 7.71. The molecule has 1 aromatic rings. The summed E-state index contributed by atoms with van der Waals surface area (Å²) in [6.07, 6.45) is 1.69. The predicted molar refractivity (Wildman–Crippen MR) is 72.6 cm³/mol. The Morgan fingerprint density at radius 1 is 1.39 bits per heavy atom. The molecular weight excluding hydrogens is 228 g/mol. The molecular formula is C14H22N2O2. The fraction of sp³-hybridized carbons (Fsp3) is 0.500. The van der Waals surface area contributed by atoms with Gasteiger partial charge in [0.2, 0.25) is 0 Å². The van der Waals surface area contributed by atoms with Crippen LogP contribution in [0.15, 0.2) is 24.3 Å². The average Bonchev–Trinajstić information content (AvgIpc) is 2.38. The van der Waals surface area contributed by atoms with E-state index in [1.807, 2.05) is 31.2 Å². The molecule has 0 saturated carbocycles. The molecule has 0 aliphatic carbocycles. The molecule has 0 fully saturated rings. The van der Waals surface area contributed by atoms with Gasteiger partial charge in [0.05, 0.1) is 0 Å². The van der Waals surface area contributed by atoms with Gasteiger partial charge in [0.15, 0.2) is 6.61 Å². The Labute approximate surface area is 109 Å². The normalized spacial score (nSPS) is 11.9. The summed E-state index contributed by atoms with van der Waals surface area (Å²) in [7, 11) is 0. The lowest BCUT2D eigenvalue weighted by atomic mass is 10.0. The highest BCUT2D eigenvalue weighted by atomic mass is 16.5. The highest BCUT2D eigenvalue weighted by Crippen LogP contribution is 2.19. The van der Waals surface area contributed by atoms with Gasteiger partial charge in [0.25, 0.3) is 5.91 Å². The van der Waals surface area contributed by atoms with E-state index in [4.69, 9.17) is 10.5 Å². The lowest BCUT2D eigenvalue weighted by Gasteiger charge is -2.14. The topological polar surface area (TPSA) is 64.3 Å². The first-order chi connectivity index (χ1) is 8.67. The number of hydrogen-bond donors (Lipinski definition) is 2. The van der Waals surface area contributed by atoms with Gasteiger partial charge >= 0.3 is 0 Å². The molecule has 4 heteroatoms. The van der Waals surface area contributed by atoms with Crippen molar-refractivity contribution in [3.05, 3.63) is 29.8 Å². The minimum absolute atomic E-state index is 0.0478. The Bertz CT molecular complexity index is 380. The van der Waals surface area contributed by atoms with Crippen LogP contribution >= 0.6 is 0 Å². The van der Waals surface area contributed by atoms with Crippen molar-refractivity contribution >= 4 is 5.91 Å². The number of nitrogens with two attached hydrogens (primary N) is 1. The van der Waals surface area contributed by atoms with E-state index in [1.54, 1.807) is 0 Å². The molecule has 0 aliphatic heterocycles. The van der Waals surface area contributed by atoms with E-state index >= 15 is 0 Å². The lowest BCUT2D eigenvalue weighted by molar-refractivity contribution is -0.122. The van der Waals surface area contributed by atoms with Gasteiger partial charge < -0.3 is 15.8 Å². The SMILES string of the molecule is CCNC(=O)COc1ccccc1CC(N)CC. The molecule has 0 aromatic heterocycles. The molecule has 3 N–H and O–H groups in total. The first-order valence-electron chi connectivity index (χ1n) is 6.40. The zero-order chi connectivity index (χ0) is 13.4. The number of carbonyl (C=O) groups is 1. The van der Waals surface area contributed by atoms with E-state index < -0.39 is 0 Å². The Hall–Kier alpha value is -1.55. The fourth-order valence-electron chi connectivity index (χ4n) is 1.63. The van der Waals surface area contributed by atoms with E-state index in [9.17, 15) is 4.79 Å². The number of para-hydroxylation sites is 1. The van der Waals surface area contributed by atoms with Gasteiger partial charge in [0.1, 0.15) is 5.75 Å². The molecule has 0 spiro atoms. The third-order valence-electron chi connectivity index (χ3n) is 2.71. The summed E-state index contributed by atoms with van der Waals surface area (Å²) >= 11 is 0. The quantitative estimate of drug-likeness (QED) is 0.770. The van der Waals surface area contributed by atoms with Crippen LogP contribution in [0.3, 0.4) is 0 Å². The van der Waals surface area contributed by atoms with Crippen molar-refractivity contribution in [2.45, 2.75) is 32.7 Å². The second-order valence-electron chi connectivity index (χ2n) is 4.22. The van der Waals surface area contributed by atoms with Crippen LogP contribution in [0.25, 0.3) is 0 Å². The van der Waals surface area contributed by atoms with Crippen LogP contribution in [0.1, 0.15) is 25.8 Å². The van der Waals surface area contributed by atoms with Crippen LogP contribution in [0, 0.1) is 0 Å². The van der Waals surface area contributed by atoms with Crippen LogP contribution in [0.2, 0.25) is 0 Å². The second-order valence-corrected chi connectivity index (χ2v) is 4.22. The summed E-state index contributed by atoms with van der Waals surface area (Å²) in [6, 6.07) is 7.84. The van der Waals surface area contributed by atoms with Crippen molar-refractivity contribution < 1.29 is 9.53 Å². The largest absolute Gasteiger partial charge is 0.483 e. The fourth-order valence-corrected chi connectivity index (χ4v) is 1.63. The number of carbonyl (C=O) groups excluding carboxylic acids is 1. The van der Waals surface area contributed by atoms with Crippen LogP contribution < -0.4 is 15.8 Å². The molecule has 1 aromatic carbocycles. The first-order valence-corrected chi connectivity index (χ1v) is 6.40. The van der Waals surface area contributed by atoms with Gasteiger partial charge in [-0.1, -0.05) is 25.1 Å². The Morgan fingerprint density at radius 2 is 2.11 bits per heavy atom. The van der Waals surface area contributed by atoms with E-state index in [0.29, 0.717) is 6.54 Å². The zero-order valence-electron chi connectivity index (χ0n) is 11.1. The van der Waals surface area contributed by atoms with E-state index in [-0.39, 0.29) is 18.6 Å². The third-order valence-corrected chi connectivity index (χ3v) is 2.71. The predicted octanol–water partition coefficient (Wildman–Crippen LogP) is 1.48. The highest BCUT2D eigenvalue weighted by molar-refractivity contribution is 5.77. The van der Waals surface area contributed by atoms with E-state index in [0.717, 1.165) is 24.2 Å². The van der Waals surface area contributed by atoms with Crippen molar-refractivity contribution in [1.29, 1.82) is 0 Å². The summed E-state index contributed by atoms with van der Waals surface area (Å²) in [6.45, 7) is 4.60. The smallest absolute Gasteiger partial charge is 0.257 e. The van der Waals surface area contributed by atoms with Crippen molar-refractivity contribution in [1.82, 2.24) is 5.32 Å². The maximum atomic E-state index is 11.3. The van der Waals surface area contributed by atoms with Gasteiger partial charge in [-0.25, -0.2) is 0 Å². The molecule has 0 radical (unpaired) electrons. The number of rotatable bonds is 7. The van der Waals surface area contributed by atoms with Gasteiger partial charge in [-0.15, -0.1) is 0 Å². The number of likely N-dealkylation sites (N-methyl/N-ethyl adjacent to an activating group) is 1. The number of amides is 1. The van der Waals surface area contributed by atoms with Gasteiger partial charge in [-0.2, -0.15) is 0 Å². The molecule has 0 aliphatic rings. The lowest BCUT2D eigenvalue weighted by Crippen LogP contribution is -2.28. The van der Waals surface area contributed by atoms with Crippen molar-refractivity contribution in [2.24, 2.45) is 5.73 Å². The van der Waals surface area contributed by atoms with Crippen molar-refractivity contribution in [3.8, 4) is 5.75 Å².